The first-order chi connectivity index (χ1) is 10.1. The van der Waals surface area contributed by atoms with Crippen LogP contribution in [0.25, 0.3) is 0 Å². The molecule has 2 aromatic rings. The predicted octanol–water partition coefficient (Wildman–Crippen LogP) is 3.72. The van der Waals surface area contributed by atoms with Crippen LogP contribution < -0.4 is 4.90 Å². The molecule has 2 rings (SSSR count). The molecule has 2 aromatic carbocycles. The monoisotopic (exact) mass is 283 g/mol. The predicted molar refractivity (Wildman–Crippen MR) is 85.5 cm³/mol. The zero-order chi connectivity index (χ0) is 15.2. The molecule has 0 aliphatic heterocycles. The highest BCUT2D eigenvalue weighted by Crippen LogP contribution is 2.19. The molecule has 0 heterocycles. The number of carboxylic acids is 1. The number of nitrogens with zero attached hydrogens (tertiary/aromatic N) is 1. The fourth-order valence-corrected chi connectivity index (χ4v) is 2.23. The lowest BCUT2D eigenvalue weighted by atomic mass is 10.1. The Hall–Kier alpha value is -2.29. The minimum Gasteiger partial charge on any atom is -0.481 e. The van der Waals surface area contributed by atoms with Crippen LogP contribution in [-0.2, 0) is 11.3 Å². The zero-order valence-electron chi connectivity index (χ0n) is 12.5. The molecule has 1 unspecified atom stereocenters. The number of rotatable bonds is 6. The number of hydrogen-bond acceptors (Lipinski definition) is 2. The van der Waals surface area contributed by atoms with Crippen molar-refractivity contribution in [3.63, 3.8) is 0 Å². The number of carboxylic acid groups (broad SMARTS) is 1. The standard InChI is InChI=1S/C18H21NO2/c1-14-8-10-17(11-9-14)19(12-15(2)18(20)21)13-16-6-4-3-5-7-16/h3-11,15H,12-13H2,1-2H3,(H,20,21). The van der Waals surface area contributed by atoms with Gasteiger partial charge in [-0.1, -0.05) is 55.0 Å². The second kappa shape index (κ2) is 6.93. The molecule has 0 radical (unpaired) electrons. The van der Waals surface area contributed by atoms with Gasteiger partial charge in [0, 0.05) is 18.8 Å². The molecule has 0 aliphatic carbocycles. The van der Waals surface area contributed by atoms with Crippen molar-refractivity contribution in [2.45, 2.75) is 20.4 Å². The van der Waals surface area contributed by atoms with Crippen LogP contribution >= 0.6 is 0 Å². The van der Waals surface area contributed by atoms with Crippen molar-refractivity contribution in [1.29, 1.82) is 0 Å². The molecule has 0 spiro atoms. The van der Waals surface area contributed by atoms with Gasteiger partial charge < -0.3 is 10.0 Å². The first-order valence-corrected chi connectivity index (χ1v) is 7.14. The Balaban J connectivity index is 2.21. The third-order valence-electron chi connectivity index (χ3n) is 3.53. The van der Waals surface area contributed by atoms with Gasteiger partial charge in [0.25, 0.3) is 0 Å². The number of aliphatic carboxylic acids is 1. The molecule has 110 valence electrons. The summed E-state index contributed by atoms with van der Waals surface area (Å²) < 4.78 is 0. The zero-order valence-corrected chi connectivity index (χ0v) is 12.5. The van der Waals surface area contributed by atoms with E-state index in [0.717, 1.165) is 5.69 Å². The van der Waals surface area contributed by atoms with Crippen molar-refractivity contribution in [2.24, 2.45) is 5.92 Å². The van der Waals surface area contributed by atoms with E-state index in [9.17, 15) is 4.79 Å². The van der Waals surface area contributed by atoms with Crippen molar-refractivity contribution in [3.05, 3.63) is 65.7 Å². The van der Waals surface area contributed by atoms with Crippen molar-refractivity contribution < 1.29 is 9.90 Å². The summed E-state index contributed by atoms with van der Waals surface area (Å²) in [4.78, 5) is 13.3. The maximum atomic E-state index is 11.1. The molecule has 3 heteroatoms. The van der Waals surface area contributed by atoms with E-state index in [2.05, 4.69) is 29.2 Å². The Labute approximate surface area is 125 Å². The van der Waals surface area contributed by atoms with E-state index in [-0.39, 0.29) is 0 Å². The minimum absolute atomic E-state index is 0.407. The molecule has 0 saturated heterocycles. The second-order valence-electron chi connectivity index (χ2n) is 5.44. The summed E-state index contributed by atoms with van der Waals surface area (Å²) in [6, 6.07) is 18.3. The quantitative estimate of drug-likeness (QED) is 0.878. The normalized spacial score (nSPS) is 11.9. The van der Waals surface area contributed by atoms with Gasteiger partial charge in [0.1, 0.15) is 0 Å². The fourth-order valence-electron chi connectivity index (χ4n) is 2.23. The largest absolute Gasteiger partial charge is 0.481 e. The Morgan fingerprint density at radius 1 is 1.10 bits per heavy atom. The minimum atomic E-state index is -0.764. The molecule has 0 saturated carbocycles. The van der Waals surface area contributed by atoms with Gasteiger partial charge in [-0.3, -0.25) is 4.79 Å². The number of hydrogen-bond donors (Lipinski definition) is 1. The summed E-state index contributed by atoms with van der Waals surface area (Å²) in [6.45, 7) is 4.99. The Bertz CT molecular complexity index is 578. The van der Waals surface area contributed by atoms with Crippen LogP contribution in [0.1, 0.15) is 18.1 Å². The highest BCUT2D eigenvalue weighted by atomic mass is 16.4. The van der Waals surface area contributed by atoms with Crippen LogP contribution in [0.3, 0.4) is 0 Å². The van der Waals surface area contributed by atoms with Crippen LogP contribution in [-0.4, -0.2) is 17.6 Å². The first-order valence-electron chi connectivity index (χ1n) is 7.14. The Kier molecular flexibility index (Phi) is 4.99. The Morgan fingerprint density at radius 2 is 1.71 bits per heavy atom. The smallest absolute Gasteiger partial charge is 0.308 e. The van der Waals surface area contributed by atoms with E-state index >= 15 is 0 Å². The second-order valence-corrected chi connectivity index (χ2v) is 5.44. The van der Waals surface area contributed by atoms with E-state index in [0.29, 0.717) is 13.1 Å². The van der Waals surface area contributed by atoms with E-state index in [1.807, 2.05) is 37.3 Å². The van der Waals surface area contributed by atoms with E-state index in [1.54, 1.807) is 6.92 Å². The number of aryl methyl sites for hydroxylation is 1. The average Bonchev–Trinajstić information content (AvgIpc) is 2.48. The van der Waals surface area contributed by atoms with Gasteiger partial charge in [0.05, 0.1) is 5.92 Å². The summed E-state index contributed by atoms with van der Waals surface area (Å²) in [6.07, 6.45) is 0. The van der Waals surface area contributed by atoms with Crippen LogP contribution in [0.2, 0.25) is 0 Å². The van der Waals surface area contributed by atoms with Gasteiger partial charge in [-0.25, -0.2) is 0 Å². The van der Waals surface area contributed by atoms with Crippen LogP contribution in [0.4, 0.5) is 5.69 Å². The molecular weight excluding hydrogens is 262 g/mol. The van der Waals surface area contributed by atoms with Crippen molar-refractivity contribution >= 4 is 11.7 Å². The SMILES string of the molecule is Cc1ccc(N(Cc2ccccc2)CC(C)C(=O)O)cc1. The number of benzene rings is 2. The molecule has 0 aliphatic rings. The summed E-state index contributed by atoms with van der Waals surface area (Å²) in [7, 11) is 0. The van der Waals surface area contributed by atoms with Crippen LogP contribution in [0.15, 0.2) is 54.6 Å². The molecule has 0 fully saturated rings. The summed E-state index contributed by atoms with van der Waals surface area (Å²) in [5.41, 5.74) is 3.43. The third-order valence-corrected chi connectivity index (χ3v) is 3.53. The average molecular weight is 283 g/mol. The fraction of sp³-hybridized carbons (Fsp3) is 0.278. The molecule has 3 nitrogen and oxygen atoms in total. The molecule has 0 bridgehead atoms. The van der Waals surface area contributed by atoms with Gasteiger partial charge >= 0.3 is 5.97 Å². The maximum Gasteiger partial charge on any atom is 0.308 e. The van der Waals surface area contributed by atoms with E-state index in [4.69, 9.17) is 5.11 Å². The van der Waals surface area contributed by atoms with Gasteiger partial charge in [0.15, 0.2) is 0 Å². The van der Waals surface area contributed by atoms with Gasteiger partial charge in [-0.05, 0) is 24.6 Å². The number of carbonyl (C=O) groups is 1. The first kappa shape index (κ1) is 15.1. The number of anilines is 1. The van der Waals surface area contributed by atoms with Gasteiger partial charge in [0.2, 0.25) is 0 Å². The van der Waals surface area contributed by atoms with Crippen molar-refractivity contribution in [3.8, 4) is 0 Å². The molecule has 0 amide bonds. The third kappa shape index (κ3) is 4.35. The highest BCUT2D eigenvalue weighted by Gasteiger charge is 2.17. The van der Waals surface area contributed by atoms with E-state index in [1.165, 1.54) is 11.1 Å². The summed E-state index contributed by atoms with van der Waals surface area (Å²) in [5, 5.41) is 9.16. The highest BCUT2D eigenvalue weighted by molar-refractivity contribution is 5.70. The lowest BCUT2D eigenvalue weighted by Gasteiger charge is -2.27. The summed E-state index contributed by atoms with van der Waals surface area (Å²) >= 11 is 0. The molecule has 0 aromatic heterocycles. The lowest BCUT2D eigenvalue weighted by Crippen LogP contribution is -2.31. The lowest BCUT2D eigenvalue weighted by molar-refractivity contribution is -0.140. The molecule has 21 heavy (non-hydrogen) atoms. The Morgan fingerprint density at radius 3 is 2.29 bits per heavy atom. The van der Waals surface area contributed by atoms with Crippen LogP contribution in [0.5, 0.6) is 0 Å². The van der Waals surface area contributed by atoms with Crippen LogP contribution in [0, 0.1) is 12.8 Å². The van der Waals surface area contributed by atoms with Crippen molar-refractivity contribution in [1.82, 2.24) is 0 Å². The van der Waals surface area contributed by atoms with Gasteiger partial charge in [-0.15, -0.1) is 0 Å². The molecule has 1 atom stereocenters. The summed E-state index contributed by atoms with van der Waals surface area (Å²) in [5.74, 6) is -1.17. The van der Waals surface area contributed by atoms with E-state index < -0.39 is 11.9 Å². The van der Waals surface area contributed by atoms with Gasteiger partial charge in [-0.2, -0.15) is 0 Å². The maximum absolute atomic E-state index is 11.1. The topological polar surface area (TPSA) is 40.5 Å². The van der Waals surface area contributed by atoms with Crippen molar-refractivity contribution in [2.75, 3.05) is 11.4 Å². The molecule has 1 N–H and O–H groups in total. The molecular formula is C18H21NO2.